The first-order valence-electron chi connectivity index (χ1n) is 5.11. The Morgan fingerprint density at radius 1 is 1.50 bits per heavy atom. The number of nitrogens with zero attached hydrogens (tertiary/aromatic N) is 2. The monoisotopic (exact) mass is 265 g/mol. The van der Waals surface area contributed by atoms with E-state index < -0.39 is 5.97 Å². The third kappa shape index (κ3) is 2.25. The summed E-state index contributed by atoms with van der Waals surface area (Å²) in [5, 5.41) is 17.4. The number of carbonyl (C=O) groups is 2. The fourth-order valence-electron chi connectivity index (χ4n) is 1.41. The lowest BCUT2D eigenvalue weighted by Gasteiger charge is -2.01. The van der Waals surface area contributed by atoms with E-state index in [0.29, 0.717) is 10.6 Å². The van der Waals surface area contributed by atoms with Crippen molar-refractivity contribution in [1.29, 1.82) is 0 Å². The number of hydrogen-bond acceptors (Lipinski definition) is 4. The Morgan fingerprint density at radius 3 is 2.72 bits per heavy atom. The van der Waals surface area contributed by atoms with Gasteiger partial charge >= 0.3 is 5.97 Å². The summed E-state index contributed by atoms with van der Waals surface area (Å²) >= 11 is 1.17. The number of aryl methyl sites for hydroxylation is 1. The van der Waals surface area contributed by atoms with Gasteiger partial charge in [0.1, 0.15) is 0 Å². The second-order valence-electron chi connectivity index (χ2n) is 3.73. The predicted molar refractivity (Wildman–Crippen MR) is 67.2 cm³/mol. The van der Waals surface area contributed by atoms with Crippen LogP contribution in [0.3, 0.4) is 0 Å². The Hall–Kier alpha value is -2.15. The van der Waals surface area contributed by atoms with Crippen molar-refractivity contribution >= 4 is 28.2 Å². The van der Waals surface area contributed by atoms with E-state index in [2.05, 4.69) is 10.4 Å². The lowest BCUT2D eigenvalue weighted by Crippen LogP contribution is -2.12. The number of aromatic carboxylic acids is 1. The van der Waals surface area contributed by atoms with Gasteiger partial charge in [-0.2, -0.15) is 5.10 Å². The molecule has 2 N–H and O–H groups in total. The molecule has 94 valence electrons. The van der Waals surface area contributed by atoms with Gasteiger partial charge in [0.25, 0.3) is 5.91 Å². The molecular formula is C11H11N3O3S. The largest absolute Gasteiger partial charge is 0.478 e. The van der Waals surface area contributed by atoms with Gasteiger partial charge in [0.15, 0.2) is 0 Å². The van der Waals surface area contributed by atoms with Crippen LogP contribution < -0.4 is 5.32 Å². The zero-order valence-electron chi connectivity index (χ0n) is 9.80. The summed E-state index contributed by atoms with van der Waals surface area (Å²) in [5.74, 6) is -1.30. The second-order valence-corrected chi connectivity index (χ2v) is 4.64. The van der Waals surface area contributed by atoms with Crippen LogP contribution in [0.5, 0.6) is 0 Å². The summed E-state index contributed by atoms with van der Waals surface area (Å²) in [6, 6.07) is 1.43. The van der Waals surface area contributed by atoms with Gasteiger partial charge in [0.2, 0.25) is 0 Å². The van der Waals surface area contributed by atoms with Gasteiger partial charge in [-0.05, 0) is 13.0 Å². The Kier molecular flexibility index (Phi) is 3.15. The van der Waals surface area contributed by atoms with Gasteiger partial charge in [0.05, 0.1) is 22.3 Å². The van der Waals surface area contributed by atoms with Crippen LogP contribution in [-0.2, 0) is 7.05 Å². The fraction of sp³-hybridized carbons (Fsp3) is 0.182. The van der Waals surface area contributed by atoms with Crippen molar-refractivity contribution < 1.29 is 14.7 Å². The molecule has 7 heteroatoms. The third-order valence-electron chi connectivity index (χ3n) is 2.56. The average molecular weight is 265 g/mol. The van der Waals surface area contributed by atoms with Crippen LogP contribution in [0.4, 0.5) is 5.00 Å². The van der Waals surface area contributed by atoms with E-state index in [4.69, 9.17) is 5.11 Å². The minimum Gasteiger partial charge on any atom is -0.478 e. The van der Waals surface area contributed by atoms with Gasteiger partial charge < -0.3 is 10.4 Å². The van der Waals surface area contributed by atoms with E-state index in [1.165, 1.54) is 29.0 Å². The van der Waals surface area contributed by atoms with Crippen LogP contribution in [0.2, 0.25) is 0 Å². The molecule has 6 nitrogen and oxygen atoms in total. The highest BCUT2D eigenvalue weighted by molar-refractivity contribution is 7.14. The van der Waals surface area contributed by atoms with Crippen LogP contribution >= 0.6 is 11.3 Å². The molecule has 18 heavy (non-hydrogen) atoms. The van der Waals surface area contributed by atoms with E-state index in [-0.39, 0.29) is 11.5 Å². The molecule has 2 heterocycles. The highest BCUT2D eigenvalue weighted by atomic mass is 32.1. The number of anilines is 1. The standard InChI is InChI=1S/C11H11N3O3S/c1-6-8(4-12-14(6)2)10(15)13-9-3-7(5-18-9)11(16)17/h3-5H,1-2H3,(H,13,15)(H,16,17). The highest BCUT2D eigenvalue weighted by Gasteiger charge is 2.14. The van der Waals surface area contributed by atoms with Crippen molar-refractivity contribution in [3.63, 3.8) is 0 Å². The number of rotatable bonds is 3. The predicted octanol–water partition coefficient (Wildman–Crippen LogP) is 1.74. The maximum absolute atomic E-state index is 11.9. The lowest BCUT2D eigenvalue weighted by atomic mass is 10.2. The number of carboxylic acid groups (broad SMARTS) is 1. The van der Waals surface area contributed by atoms with Crippen molar-refractivity contribution in [2.45, 2.75) is 6.92 Å². The summed E-state index contributed by atoms with van der Waals surface area (Å²) in [5.41, 5.74) is 1.39. The smallest absolute Gasteiger partial charge is 0.336 e. The molecule has 0 aliphatic heterocycles. The summed E-state index contributed by atoms with van der Waals surface area (Å²) < 4.78 is 1.60. The molecule has 0 fully saturated rings. The van der Waals surface area contributed by atoms with Crippen LogP contribution in [0.15, 0.2) is 17.6 Å². The topological polar surface area (TPSA) is 84.2 Å². The maximum atomic E-state index is 11.9. The molecule has 2 rings (SSSR count). The van der Waals surface area contributed by atoms with Crippen molar-refractivity contribution in [2.75, 3.05) is 5.32 Å². The molecule has 1 amide bonds. The average Bonchev–Trinajstić information content (AvgIpc) is 2.88. The first-order chi connectivity index (χ1) is 8.49. The van der Waals surface area contributed by atoms with Crippen LogP contribution in [0.1, 0.15) is 26.4 Å². The summed E-state index contributed by atoms with van der Waals surface area (Å²) in [6.07, 6.45) is 1.48. The zero-order valence-corrected chi connectivity index (χ0v) is 10.6. The number of carboxylic acids is 1. The van der Waals surface area contributed by atoms with E-state index >= 15 is 0 Å². The normalized spacial score (nSPS) is 10.3. The molecule has 0 radical (unpaired) electrons. The first-order valence-corrected chi connectivity index (χ1v) is 5.99. The Labute approximate surface area is 107 Å². The SMILES string of the molecule is Cc1c(C(=O)Nc2cc(C(=O)O)cs2)cnn1C. The molecule has 0 atom stereocenters. The number of carbonyl (C=O) groups excluding carboxylic acids is 1. The van der Waals surface area contributed by atoms with Gasteiger partial charge in [-0.1, -0.05) is 0 Å². The molecule has 0 spiro atoms. The Morgan fingerprint density at radius 2 is 2.22 bits per heavy atom. The molecule has 0 aromatic carbocycles. The first kappa shape index (κ1) is 12.3. The van der Waals surface area contributed by atoms with E-state index in [9.17, 15) is 9.59 Å². The number of thiophene rings is 1. The fourth-order valence-corrected chi connectivity index (χ4v) is 2.18. The molecule has 0 aliphatic carbocycles. The molecule has 2 aromatic rings. The quantitative estimate of drug-likeness (QED) is 0.885. The van der Waals surface area contributed by atoms with Crippen molar-refractivity contribution in [3.8, 4) is 0 Å². The molecule has 2 aromatic heterocycles. The van der Waals surface area contributed by atoms with Crippen LogP contribution in [-0.4, -0.2) is 26.8 Å². The second kappa shape index (κ2) is 4.61. The van der Waals surface area contributed by atoms with Crippen molar-refractivity contribution in [2.24, 2.45) is 7.05 Å². The number of hydrogen-bond donors (Lipinski definition) is 2. The van der Waals surface area contributed by atoms with Gasteiger partial charge in [-0.3, -0.25) is 9.48 Å². The molecule has 0 unspecified atom stereocenters. The molecule has 0 saturated heterocycles. The minimum atomic E-state index is -1.01. The molecular weight excluding hydrogens is 254 g/mol. The van der Waals surface area contributed by atoms with Crippen molar-refractivity contribution in [1.82, 2.24) is 9.78 Å². The zero-order chi connectivity index (χ0) is 13.3. The maximum Gasteiger partial charge on any atom is 0.336 e. The molecule has 0 saturated carbocycles. The molecule has 0 bridgehead atoms. The number of aromatic nitrogens is 2. The summed E-state index contributed by atoms with van der Waals surface area (Å²) in [6.45, 7) is 1.79. The minimum absolute atomic E-state index is 0.165. The highest BCUT2D eigenvalue weighted by Crippen LogP contribution is 2.21. The van der Waals surface area contributed by atoms with Gasteiger partial charge in [0, 0.05) is 18.1 Å². The Bertz CT molecular complexity index is 615. The van der Waals surface area contributed by atoms with E-state index in [1.807, 2.05) is 0 Å². The van der Waals surface area contributed by atoms with E-state index in [0.717, 1.165) is 5.69 Å². The number of amides is 1. The molecule has 0 aliphatic rings. The Balaban J connectivity index is 2.16. The van der Waals surface area contributed by atoms with E-state index in [1.54, 1.807) is 18.7 Å². The summed E-state index contributed by atoms with van der Waals surface area (Å²) in [4.78, 5) is 22.6. The van der Waals surface area contributed by atoms with Gasteiger partial charge in [-0.15, -0.1) is 11.3 Å². The lowest BCUT2D eigenvalue weighted by molar-refractivity contribution is 0.0697. The van der Waals surface area contributed by atoms with Crippen LogP contribution in [0.25, 0.3) is 0 Å². The third-order valence-corrected chi connectivity index (χ3v) is 3.41. The van der Waals surface area contributed by atoms with Crippen molar-refractivity contribution in [3.05, 3.63) is 34.5 Å². The summed E-state index contributed by atoms with van der Waals surface area (Å²) in [7, 11) is 1.75. The van der Waals surface area contributed by atoms with Crippen LogP contribution in [0, 0.1) is 6.92 Å². The number of nitrogens with one attached hydrogen (secondary N) is 1. The van der Waals surface area contributed by atoms with Gasteiger partial charge in [-0.25, -0.2) is 4.79 Å².